The van der Waals surface area contributed by atoms with Crippen LogP contribution in [0, 0.1) is 0 Å². The van der Waals surface area contributed by atoms with Crippen molar-refractivity contribution in [3.63, 3.8) is 0 Å². The molecule has 0 aliphatic carbocycles. The van der Waals surface area contributed by atoms with Gasteiger partial charge < -0.3 is 25.6 Å². The number of alkyl halides is 6. The smallest absolute Gasteiger partial charge is 0.422 e. The summed E-state index contributed by atoms with van der Waals surface area (Å²) >= 11 is 0. The molecule has 1 amide bonds. The Kier molecular flexibility index (Phi) is 10.3. The number of aromatic nitrogens is 3. The molecule has 0 radical (unpaired) electrons. The lowest BCUT2D eigenvalue weighted by Gasteiger charge is -2.35. The monoisotopic (exact) mass is 626 g/mol. The van der Waals surface area contributed by atoms with Crippen molar-refractivity contribution in [1.82, 2.24) is 25.2 Å². The number of carbonyl (C=O) groups excluding carboxylic acids is 1. The molecule has 1 aliphatic rings. The summed E-state index contributed by atoms with van der Waals surface area (Å²) in [4.78, 5) is 28.1. The van der Waals surface area contributed by atoms with Crippen LogP contribution in [-0.4, -0.2) is 77.3 Å². The third-order valence-electron chi connectivity index (χ3n) is 6.37. The Bertz CT molecular complexity index is 1390. The van der Waals surface area contributed by atoms with Gasteiger partial charge in [0.15, 0.2) is 6.61 Å². The lowest BCUT2D eigenvalue weighted by atomic mass is 10.1. The zero-order valence-corrected chi connectivity index (χ0v) is 24.0. The molecule has 238 valence electrons. The largest absolute Gasteiger partial charge is 0.454 e. The van der Waals surface area contributed by atoms with Gasteiger partial charge in [0, 0.05) is 50.1 Å². The van der Waals surface area contributed by atoms with Gasteiger partial charge in [0.25, 0.3) is 0 Å². The average molecular weight is 627 g/mol. The molecule has 0 saturated carbocycles. The fourth-order valence-corrected chi connectivity index (χ4v) is 4.35. The maximum atomic E-state index is 13.1. The van der Waals surface area contributed by atoms with Gasteiger partial charge in [0.1, 0.15) is 0 Å². The van der Waals surface area contributed by atoms with Crippen LogP contribution in [0.4, 0.5) is 49.6 Å². The highest BCUT2D eigenvalue weighted by atomic mass is 19.4. The third-order valence-corrected chi connectivity index (χ3v) is 6.37. The van der Waals surface area contributed by atoms with E-state index in [1.54, 1.807) is 0 Å². The Morgan fingerprint density at radius 1 is 0.932 bits per heavy atom. The first-order chi connectivity index (χ1) is 20.7. The van der Waals surface area contributed by atoms with Crippen LogP contribution in [0.25, 0.3) is 0 Å². The van der Waals surface area contributed by atoms with E-state index in [0.717, 1.165) is 49.6 Å². The van der Waals surface area contributed by atoms with Gasteiger partial charge in [-0.05, 0) is 49.7 Å². The Morgan fingerprint density at radius 2 is 1.61 bits per heavy atom. The second-order valence-electron chi connectivity index (χ2n) is 10.4. The van der Waals surface area contributed by atoms with Gasteiger partial charge in [-0.15, -0.1) is 0 Å². The van der Waals surface area contributed by atoms with Gasteiger partial charge in [0.2, 0.25) is 17.8 Å². The molecule has 10 nitrogen and oxygen atoms in total. The van der Waals surface area contributed by atoms with E-state index in [9.17, 15) is 31.1 Å². The van der Waals surface area contributed by atoms with Crippen molar-refractivity contribution in [2.24, 2.45) is 0 Å². The Labute approximate surface area is 249 Å². The summed E-state index contributed by atoms with van der Waals surface area (Å²) in [6, 6.07) is 11.2. The number of nitrogens with zero attached hydrogens (tertiary/aromatic N) is 5. The first kappa shape index (κ1) is 32.6. The number of ether oxygens (including phenoxy) is 1. The van der Waals surface area contributed by atoms with Gasteiger partial charge in [-0.1, -0.05) is 18.2 Å². The van der Waals surface area contributed by atoms with Crippen molar-refractivity contribution in [2.75, 3.05) is 54.9 Å². The van der Waals surface area contributed by atoms with E-state index >= 15 is 0 Å². The van der Waals surface area contributed by atoms with E-state index in [1.165, 1.54) is 12.1 Å². The molecule has 1 aliphatic heterocycles. The van der Waals surface area contributed by atoms with E-state index in [2.05, 4.69) is 45.4 Å². The predicted octanol–water partition coefficient (Wildman–Crippen LogP) is 4.83. The molecular formula is C28H32F6N8O2. The molecule has 3 N–H and O–H groups in total. The summed E-state index contributed by atoms with van der Waals surface area (Å²) < 4.78 is 82.2. The molecule has 0 bridgehead atoms. The summed E-state index contributed by atoms with van der Waals surface area (Å²) in [7, 11) is 0. The number of hydrogen-bond acceptors (Lipinski definition) is 9. The van der Waals surface area contributed by atoms with Crippen LogP contribution in [0.2, 0.25) is 0 Å². The van der Waals surface area contributed by atoms with Crippen LogP contribution in [0.15, 0.2) is 48.5 Å². The maximum absolute atomic E-state index is 13.1. The molecule has 4 rings (SSSR count). The van der Waals surface area contributed by atoms with Gasteiger partial charge in [-0.2, -0.15) is 41.3 Å². The lowest BCUT2D eigenvalue weighted by Crippen LogP contribution is -2.50. The zero-order chi connectivity index (χ0) is 31.9. The molecule has 0 atom stereocenters. The number of hydrogen-bond donors (Lipinski definition) is 3. The third kappa shape index (κ3) is 10.1. The number of halogens is 6. The number of rotatable bonds is 11. The van der Waals surface area contributed by atoms with Crippen molar-refractivity contribution < 1.29 is 35.9 Å². The van der Waals surface area contributed by atoms with Crippen molar-refractivity contribution in [3.8, 4) is 6.01 Å². The SMILES string of the molecule is CC(C)NC(=O)CN1CCN(c2ccc(CNc3nc(Nc4cccc(C(F)(F)F)c4)nc(OCC(F)(F)F)n3)cc2)CC1. The summed E-state index contributed by atoms with van der Waals surface area (Å²) in [5, 5.41) is 8.35. The fraction of sp³-hybridized carbons (Fsp3) is 0.429. The van der Waals surface area contributed by atoms with Crippen molar-refractivity contribution >= 4 is 29.2 Å². The van der Waals surface area contributed by atoms with Gasteiger partial charge in [0.05, 0.1) is 12.1 Å². The average Bonchev–Trinajstić information content (AvgIpc) is 2.95. The van der Waals surface area contributed by atoms with Gasteiger partial charge >= 0.3 is 18.4 Å². The Morgan fingerprint density at radius 3 is 2.25 bits per heavy atom. The molecule has 16 heteroatoms. The standard InChI is InChI=1S/C28H32F6N8O2/c1-18(2)36-23(43)16-41-10-12-42(13-11-41)22-8-6-19(7-9-22)15-35-24-38-25(40-26(39-24)44-17-27(29,30)31)37-21-5-3-4-20(14-21)28(32,33)34/h3-9,14,18H,10-13,15-17H2,1-2H3,(H,36,43)(H2,35,37,38,39,40). The van der Waals surface area contributed by atoms with Crippen molar-refractivity contribution in [3.05, 3.63) is 59.7 Å². The summed E-state index contributed by atoms with van der Waals surface area (Å²) in [5.41, 5.74) is 0.843. The fourth-order valence-electron chi connectivity index (χ4n) is 4.35. The van der Waals surface area contributed by atoms with Gasteiger partial charge in [-0.3, -0.25) is 9.69 Å². The van der Waals surface area contributed by atoms with E-state index in [0.29, 0.717) is 6.54 Å². The minimum Gasteiger partial charge on any atom is -0.454 e. The van der Waals surface area contributed by atoms with Crippen molar-refractivity contribution in [2.45, 2.75) is 38.8 Å². The normalized spacial score (nSPS) is 14.4. The first-order valence-electron chi connectivity index (χ1n) is 13.7. The lowest BCUT2D eigenvalue weighted by molar-refractivity contribution is -0.154. The van der Waals surface area contributed by atoms with Crippen LogP contribution in [-0.2, 0) is 17.5 Å². The highest BCUT2D eigenvalue weighted by Crippen LogP contribution is 2.31. The molecule has 2 heterocycles. The number of amides is 1. The number of benzene rings is 2. The summed E-state index contributed by atoms with van der Waals surface area (Å²) in [6.45, 7) is 5.69. The molecule has 1 saturated heterocycles. The van der Waals surface area contributed by atoms with E-state index in [-0.39, 0.29) is 36.1 Å². The number of nitrogens with one attached hydrogen (secondary N) is 3. The second-order valence-corrected chi connectivity index (χ2v) is 10.4. The Hall–Kier alpha value is -4.34. The van der Waals surface area contributed by atoms with Gasteiger partial charge in [-0.25, -0.2) is 0 Å². The van der Waals surface area contributed by atoms with Crippen LogP contribution in [0.1, 0.15) is 25.0 Å². The zero-order valence-electron chi connectivity index (χ0n) is 24.0. The van der Waals surface area contributed by atoms with E-state index in [4.69, 9.17) is 0 Å². The topological polar surface area (TPSA) is 108 Å². The molecule has 1 aromatic heterocycles. The maximum Gasteiger partial charge on any atom is 0.422 e. The number of piperazine rings is 1. The number of anilines is 4. The summed E-state index contributed by atoms with van der Waals surface area (Å²) in [6.07, 6.45) is -9.26. The second kappa shape index (κ2) is 14.0. The van der Waals surface area contributed by atoms with Crippen LogP contribution in [0.5, 0.6) is 6.01 Å². The molecule has 3 aromatic rings. The minimum absolute atomic E-state index is 0.000995. The first-order valence-corrected chi connectivity index (χ1v) is 13.7. The molecule has 44 heavy (non-hydrogen) atoms. The summed E-state index contributed by atoms with van der Waals surface area (Å²) in [5.74, 6) is -0.454. The number of carbonyl (C=O) groups is 1. The van der Waals surface area contributed by atoms with Crippen LogP contribution >= 0.6 is 0 Å². The molecular weight excluding hydrogens is 594 g/mol. The predicted molar refractivity (Wildman–Crippen MR) is 152 cm³/mol. The highest BCUT2D eigenvalue weighted by molar-refractivity contribution is 5.78. The quantitative estimate of drug-likeness (QED) is 0.258. The van der Waals surface area contributed by atoms with Crippen LogP contribution < -0.4 is 25.6 Å². The highest BCUT2D eigenvalue weighted by Gasteiger charge is 2.31. The Balaban J connectivity index is 1.39. The van der Waals surface area contributed by atoms with E-state index < -0.39 is 30.5 Å². The molecule has 0 spiro atoms. The van der Waals surface area contributed by atoms with E-state index in [1.807, 2.05) is 38.1 Å². The molecule has 1 fully saturated rings. The van der Waals surface area contributed by atoms with Crippen LogP contribution in [0.3, 0.4) is 0 Å². The minimum atomic E-state index is -4.66. The molecule has 2 aromatic carbocycles. The molecule has 0 unspecified atom stereocenters. The van der Waals surface area contributed by atoms with Crippen molar-refractivity contribution in [1.29, 1.82) is 0 Å².